The maximum Gasteiger partial charge on any atom is 0.107 e. The molecule has 0 saturated carbocycles. The molecule has 1 heterocycles. The molecule has 0 unspecified atom stereocenters. The Bertz CT molecular complexity index is 267. The summed E-state index contributed by atoms with van der Waals surface area (Å²) >= 11 is 1.78. The van der Waals surface area contributed by atoms with Gasteiger partial charge in [-0.05, 0) is 33.7 Å². The Balaban J connectivity index is 2.10. The molecule has 0 saturated heterocycles. The van der Waals surface area contributed by atoms with Gasteiger partial charge in [-0.25, -0.2) is 4.98 Å². The molecule has 0 radical (unpaired) electrons. The second-order valence-electron chi connectivity index (χ2n) is 3.48. The molecule has 1 N–H and O–H groups in total. The Labute approximate surface area is 95.9 Å². The number of thiazole rings is 1. The van der Waals surface area contributed by atoms with E-state index in [0.29, 0.717) is 0 Å². The minimum Gasteiger partial charge on any atom is -0.382 e. The minimum atomic E-state index is 0.810. The van der Waals surface area contributed by atoms with E-state index in [1.54, 1.807) is 11.3 Å². The number of nitrogens with one attached hydrogen (secondary N) is 1. The largest absolute Gasteiger partial charge is 0.382 e. The number of hydrogen-bond acceptors (Lipinski definition) is 4. The van der Waals surface area contributed by atoms with Crippen molar-refractivity contribution in [3.63, 3.8) is 0 Å². The first-order valence-corrected chi connectivity index (χ1v) is 6.27. The lowest BCUT2D eigenvalue weighted by molar-refractivity contribution is 0.144. The number of rotatable bonds is 7. The van der Waals surface area contributed by atoms with Gasteiger partial charge in [0.05, 0.1) is 5.69 Å². The van der Waals surface area contributed by atoms with Crippen LogP contribution >= 0.6 is 11.3 Å². The highest BCUT2D eigenvalue weighted by molar-refractivity contribution is 7.11. The quantitative estimate of drug-likeness (QED) is 0.727. The van der Waals surface area contributed by atoms with Gasteiger partial charge in [-0.15, -0.1) is 11.3 Å². The summed E-state index contributed by atoms with van der Waals surface area (Å²) < 4.78 is 5.26. The topological polar surface area (TPSA) is 34.1 Å². The zero-order valence-corrected chi connectivity index (χ0v) is 10.6. The van der Waals surface area contributed by atoms with Crippen molar-refractivity contribution in [3.05, 3.63) is 15.6 Å². The van der Waals surface area contributed by atoms with Crippen LogP contribution in [0.1, 0.15) is 28.9 Å². The van der Waals surface area contributed by atoms with E-state index in [1.807, 2.05) is 6.92 Å². The van der Waals surface area contributed by atoms with Crippen molar-refractivity contribution in [1.29, 1.82) is 0 Å². The lowest BCUT2D eigenvalue weighted by Crippen LogP contribution is -2.16. The molecule has 0 spiro atoms. The van der Waals surface area contributed by atoms with Gasteiger partial charge < -0.3 is 10.1 Å². The van der Waals surface area contributed by atoms with Crippen LogP contribution in [-0.4, -0.2) is 24.7 Å². The molecule has 1 aromatic heterocycles. The van der Waals surface area contributed by atoms with Crippen LogP contribution in [0.3, 0.4) is 0 Å². The normalized spacial score (nSPS) is 10.9. The van der Waals surface area contributed by atoms with Crippen molar-refractivity contribution in [1.82, 2.24) is 10.3 Å². The second kappa shape index (κ2) is 6.93. The van der Waals surface area contributed by atoms with Gasteiger partial charge in [-0.1, -0.05) is 0 Å². The molecule has 86 valence electrons. The summed E-state index contributed by atoms with van der Waals surface area (Å²) in [5.41, 5.74) is 1.16. The summed E-state index contributed by atoms with van der Waals surface area (Å²) in [4.78, 5) is 5.79. The molecule has 0 amide bonds. The molecule has 0 aliphatic rings. The molecule has 15 heavy (non-hydrogen) atoms. The molecule has 0 aliphatic heterocycles. The molecular weight excluding hydrogens is 208 g/mol. The molecule has 0 aromatic carbocycles. The van der Waals surface area contributed by atoms with E-state index in [0.717, 1.165) is 38.4 Å². The Hall–Kier alpha value is -0.450. The van der Waals surface area contributed by atoms with E-state index in [2.05, 4.69) is 24.1 Å². The summed E-state index contributed by atoms with van der Waals surface area (Å²) in [6.07, 6.45) is 1.07. The number of hydrogen-bond donors (Lipinski definition) is 1. The Morgan fingerprint density at radius 1 is 1.40 bits per heavy atom. The lowest BCUT2D eigenvalue weighted by Gasteiger charge is -2.02. The van der Waals surface area contributed by atoms with Crippen molar-refractivity contribution in [2.45, 2.75) is 33.7 Å². The summed E-state index contributed by atoms with van der Waals surface area (Å²) in [6, 6.07) is 0. The van der Waals surface area contributed by atoms with Gasteiger partial charge in [0.2, 0.25) is 0 Å². The van der Waals surface area contributed by atoms with Crippen LogP contribution in [0.4, 0.5) is 0 Å². The summed E-state index contributed by atoms with van der Waals surface area (Å²) in [5, 5.41) is 4.55. The Kier molecular flexibility index (Phi) is 5.83. The van der Waals surface area contributed by atoms with Crippen LogP contribution in [-0.2, 0) is 11.3 Å². The number of aromatic nitrogens is 1. The monoisotopic (exact) mass is 228 g/mol. The van der Waals surface area contributed by atoms with Crippen molar-refractivity contribution >= 4 is 11.3 Å². The average molecular weight is 228 g/mol. The first kappa shape index (κ1) is 12.6. The maximum absolute atomic E-state index is 5.26. The van der Waals surface area contributed by atoms with Gasteiger partial charge >= 0.3 is 0 Å². The molecule has 1 rings (SSSR count). The van der Waals surface area contributed by atoms with E-state index in [-0.39, 0.29) is 0 Å². The van der Waals surface area contributed by atoms with Gasteiger partial charge in [-0.2, -0.15) is 0 Å². The molecular formula is C11H20N2OS. The number of ether oxygens (including phenoxy) is 1. The van der Waals surface area contributed by atoms with Crippen LogP contribution in [0.25, 0.3) is 0 Å². The Morgan fingerprint density at radius 3 is 2.80 bits per heavy atom. The van der Waals surface area contributed by atoms with E-state index >= 15 is 0 Å². The third kappa shape index (κ3) is 4.73. The van der Waals surface area contributed by atoms with E-state index in [1.165, 1.54) is 9.88 Å². The van der Waals surface area contributed by atoms with Crippen molar-refractivity contribution in [3.8, 4) is 0 Å². The smallest absolute Gasteiger partial charge is 0.107 e. The Morgan fingerprint density at radius 2 is 2.20 bits per heavy atom. The first-order chi connectivity index (χ1) is 7.24. The fourth-order valence-corrected chi connectivity index (χ4v) is 2.16. The standard InChI is InChI=1S/C11H20N2OS/c1-4-14-7-5-6-12-8-11-13-9(2)10(3)15-11/h12H,4-8H2,1-3H3. The van der Waals surface area contributed by atoms with Gasteiger partial charge in [0.25, 0.3) is 0 Å². The van der Waals surface area contributed by atoms with E-state index in [4.69, 9.17) is 4.74 Å². The van der Waals surface area contributed by atoms with Gasteiger partial charge in [0.1, 0.15) is 5.01 Å². The summed E-state index contributed by atoms with van der Waals surface area (Å²) in [7, 11) is 0. The van der Waals surface area contributed by atoms with Crippen LogP contribution < -0.4 is 5.32 Å². The predicted molar refractivity (Wildman–Crippen MR) is 64.4 cm³/mol. The average Bonchev–Trinajstić information content (AvgIpc) is 2.52. The van der Waals surface area contributed by atoms with Crippen molar-refractivity contribution in [2.24, 2.45) is 0 Å². The third-order valence-electron chi connectivity index (χ3n) is 2.20. The molecule has 0 atom stereocenters. The van der Waals surface area contributed by atoms with Crippen molar-refractivity contribution < 1.29 is 4.74 Å². The fraction of sp³-hybridized carbons (Fsp3) is 0.727. The van der Waals surface area contributed by atoms with Gasteiger partial charge in [0.15, 0.2) is 0 Å². The highest BCUT2D eigenvalue weighted by Gasteiger charge is 2.02. The molecule has 0 fully saturated rings. The molecule has 0 aliphatic carbocycles. The van der Waals surface area contributed by atoms with Crippen LogP contribution in [0.5, 0.6) is 0 Å². The second-order valence-corrected chi connectivity index (χ2v) is 4.76. The predicted octanol–water partition coefficient (Wildman–Crippen LogP) is 2.28. The summed E-state index contributed by atoms with van der Waals surface area (Å²) in [5.74, 6) is 0. The lowest BCUT2D eigenvalue weighted by atomic mass is 10.4. The highest BCUT2D eigenvalue weighted by Crippen LogP contribution is 2.15. The maximum atomic E-state index is 5.26. The SMILES string of the molecule is CCOCCCNCc1nc(C)c(C)s1. The van der Waals surface area contributed by atoms with E-state index < -0.39 is 0 Å². The molecule has 4 heteroatoms. The fourth-order valence-electron chi connectivity index (χ4n) is 1.25. The van der Waals surface area contributed by atoms with E-state index in [9.17, 15) is 0 Å². The first-order valence-electron chi connectivity index (χ1n) is 5.45. The van der Waals surface area contributed by atoms with Crippen molar-refractivity contribution in [2.75, 3.05) is 19.8 Å². The zero-order valence-electron chi connectivity index (χ0n) is 9.80. The minimum absolute atomic E-state index is 0.810. The third-order valence-corrected chi connectivity index (χ3v) is 3.27. The highest BCUT2D eigenvalue weighted by atomic mass is 32.1. The molecule has 0 bridgehead atoms. The number of aryl methyl sites for hydroxylation is 2. The molecule has 3 nitrogen and oxygen atoms in total. The molecule has 1 aromatic rings. The summed E-state index contributed by atoms with van der Waals surface area (Å²) in [6.45, 7) is 9.73. The van der Waals surface area contributed by atoms with Gasteiger partial charge in [-0.3, -0.25) is 0 Å². The zero-order chi connectivity index (χ0) is 11.1. The van der Waals surface area contributed by atoms with Crippen LogP contribution in [0.15, 0.2) is 0 Å². The van der Waals surface area contributed by atoms with Crippen LogP contribution in [0, 0.1) is 13.8 Å². The van der Waals surface area contributed by atoms with Gasteiger partial charge in [0, 0.05) is 24.6 Å². The van der Waals surface area contributed by atoms with Crippen LogP contribution in [0.2, 0.25) is 0 Å². The number of nitrogens with zero attached hydrogens (tertiary/aromatic N) is 1.